The molecule has 3 aromatic rings. The zero-order chi connectivity index (χ0) is 19.2. The minimum atomic E-state index is -0.204. The van der Waals surface area contributed by atoms with Crippen LogP contribution in [0.25, 0.3) is 0 Å². The van der Waals surface area contributed by atoms with Gasteiger partial charge in [-0.2, -0.15) is 0 Å². The number of thioether (sulfide) groups is 1. The number of halogens is 1. The van der Waals surface area contributed by atoms with E-state index in [1.54, 1.807) is 41.3 Å². The predicted octanol–water partition coefficient (Wildman–Crippen LogP) is 6.05. The van der Waals surface area contributed by atoms with Crippen molar-refractivity contribution in [2.24, 2.45) is 0 Å². The lowest BCUT2D eigenvalue weighted by Gasteiger charge is -2.13. The Bertz CT molecular complexity index is 926. The van der Waals surface area contributed by atoms with Crippen molar-refractivity contribution in [3.8, 4) is 5.75 Å². The van der Waals surface area contributed by atoms with Gasteiger partial charge in [0.05, 0.1) is 28.0 Å². The number of carbonyl (C=O) groups excluding carboxylic acids is 1. The van der Waals surface area contributed by atoms with Crippen molar-refractivity contribution in [1.82, 2.24) is 4.98 Å². The number of para-hydroxylation sites is 1. The number of hydrogen-bond donors (Lipinski definition) is 1. The minimum absolute atomic E-state index is 0.204. The normalized spacial score (nSPS) is 10.6. The van der Waals surface area contributed by atoms with E-state index < -0.39 is 0 Å². The summed E-state index contributed by atoms with van der Waals surface area (Å²) in [7, 11) is 0. The third-order valence-corrected chi connectivity index (χ3v) is 5.84. The number of amides is 1. The van der Waals surface area contributed by atoms with Gasteiger partial charge in [-0.05, 0) is 50.2 Å². The summed E-state index contributed by atoms with van der Waals surface area (Å²) < 4.78 is 5.54. The van der Waals surface area contributed by atoms with Crippen molar-refractivity contribution >= 4 is 46.3 Å². The van der Waals surface area contributed by atoms with Crippen LogP contribution in [-0.4, -0.2) is 17.5 Å². The highest BCUT2D eigenvalue weighted by atomic mass is 35.5. The van der Waals surface area contributed by atoms with Gasteiger partial charge in [0, 0.05) is 21.6 Å². The second kappa shape index (κ2) is 9.26. The Balaban J connectivity index is 1.65. The molecule has 0 saturated heterocycles. The van der Waals surface area contributed by atoms with E-state index in [0.717, 1.165) is 21.3 Å². The van der Waals surface area contributed by atoms with E-state index in [4.69, 9.17) is 16.3 Å². The molecule has 0 unspecified atom stereocenters. The molecule has 140 valence electrons. The highest BCUT2D eigenvalue weighted by Crippen LogP contribution is 2.33. The number of rotatable bonds is 7. The number of aromatic nitrogens is 1. The summed E-state index contributed by atoms with van der Waals surface area (Å²) in [5, 5.41) is 6.49. The van der Waals surface area contributed by atoms with Crippen LogP contribution in [0.1, 0.15) is 28.0 Å². The summed E-state index contributed by atoms with van der Waals surface area (Å²) in [4.78, 5) is 18.1. The molecule has 0 aliphatic heterocycles. The van der Waals surface area contributed by atoms with Crippen molar-refractivity contribution in [3.63, 3.8) is 0 Å². The van der Waals surface area contributed by atoms with Crippen molar-refractivity contribution in [1.29, 1.82) is 0 Å². The minimum Gasteiger partial charge on any atom is -0.490 e. The predicted molar refractivity (Wildman–Crippen MR) is 113 cm³/mol. The number of benzene rings is 2. The highest BCUT2D eigenvalue weighted by molar-refractivity contribution is 7.98. The van der Waals surface area contributed by atoms with Crippen LogP contribution < -0.4 is 10.1 Å². The molecule has 1 aromatic heterocycles. The van der Waals surface area contributed by atoms with Crippen molar-refractivity contribution in [2.75, 3.05) is 11.9 Å². The van der Waals surface area contributed by atoms with E-state index >= 15 is 0 Å². The number of aryl methyl sites for hydroxylation is 1. The summed E-state index contributed by atoms with van der Waals surface area (Å²) in [6.07, 6.45) is 0. The van der Waals surface area contributed by atoms with Gasteiger partial charge < -0.3 is 10.1 Å². The monoisotopic (exact) mass is 418 g/mol. The van der Waals surface area contributed by atoms with Gasteiger partial charge in [0.2, 0.25) is 0 Å². The van der Waals surface area contributed by atoms with Gasteiger partial charge in [0.15, 0.2) is 5.75 Å². The molecule has 4 nitrogen and oxygen atoms in total. The quantitative estimate of drug-likeness (QED) is 0.474. The first-order chi connectivity index (χ1) is 13.1. The van der Waals surface area contributed by atoms with Crippen LogP contribution in [-0.2, 0) is 5.75 Å². The topological polar surface area (TPSA) is 51.2 Å². The van der Waals surface area contributed by atoms with E-state index in [9.17, 15) is 4.79 Å². The van der Waals surface area contributed by atoms with Crippen LogP contribution in [0.4, 0.5) is 5.69 Å². The number of hydrogen-bond acceptors (Lipinski definition) is 5. The number of nitrogens with one attached hydrogen (secondary N) is 1. The molecule has 1 amide bonds. The summed E-state index contributed by atoms with van der Waals surface area (Å²) in [6, 6.07) is 12.8. The van der Waals surface area contributed by atoms with Crippen LogP contribution in [0, 0.1) is 6.92 Å². The SMILES string of the molecule is CCOc1c(Cl)cccc1NC(=O)c1ccc(SCc2csc(C)n2)cc1. The van der Waals surface area contributed by atoms with Crippen molar-refractivity contribution in [3.05, 3.63) is 69.1 Å². The van der Waals surface area contributed by atoms with Gasteiger partial charge in [0.1, 0.15) is 0 Å². The maximum Gasteiger partial charge on any atom is 0.255 e. The Morgan fingerprint density at radius 2 is 2.04 bits per heavy atom. The first-order valence-electron chi connectivity index (χ1n) is 8.43. The average molecular weight is 419 g/mol. The van der Waals surface area contributed by atoms with Crippen LogP contribution >= 0.6 is 34.7 Å². The third kappa shape index (κ3) is 5.25. The Kier molecular flexibility index (Phi) is 6.77. The Labute approximate surface area is 171 Å². The summed E-state index contributed by atoms with van der Waals surface area (Å²) in [6.45, 7) is 4.35. The molecular weight excluding hydrogens is 400 g/mol. The molecule has 0 aliphatic rings. The fraction of sp³-hybridized carbons (Fsp3) is 0.200. The smallest absolute Gasteiger partial charge is 0.255 e. The standard InChI is InChI=1S/C20H19ClN2O2S2/c1-3-25-19-17(21)5-4-6-18(19)23-20(24)14-7-9-16(10-8-14)27-12-15-11-26-13(2)22-15/h4-11H,3,12H2,1-2H3,(H,23,24). The van der Waals surface area contributed by atoms with E-state index in [0.29, 0.717) is 28.6 Å². The fourth-order valence-electron chi connectivity index (χ4n) is 2.43. The van der Waals surface area contributed by atoms with Gasteiger partial charge in [-0.3, -0.25) is 4.79 Å². The van der Waals surface area contributed by atoms with Crippen LogP contribution in [0.5, 0.6) is 5.75 Å². The third-order valence-electron chi connectivity index (χ3n) is 3.67. The lowest BCUT2D eigenvalue weighted by atomic mass is 10.2. The molecule has 2 aromatic carbocycles. The molecule has 0 saturated carbocycles. The van der Waals surface area contributed by atoms with Crippen molar-refractivity contribution < 1.29 is 9.53 Å². The second-order valence-corrected chi connectivity index (χ2v) is 8.19. The molecule has 3 rings (SSSR count). The van der Waals surface area contributed by atoms with Gasteiger partial charge >= 0.3 is 0 Å². The maximum atomic E-state index is 12.6. The Hall–Kier alpha value is -2.02. The van der Waals surface area contributed by atoms with E-state index in [1.807, 2.05) is 38.1 Å². The zero-order valence-electron chi connectivity index (χ0n) is 15.0. The fourth-order valence-corrected chi connectivity index (χ4v) is 4.17. The molecule has 1 N–H and O–H groups in total. The van der Waals surface area contributed by atoms with Crippen LogP contribution in [0.2, 0.25) is 5.02 Å². The van der Waals surface area contributed by atoms with Gasteiger partial charge in [0.25, 0.3) is 5.91 Å². The summed E-state index contributed by atoms with van der Waals surface area (Å²) in [5.41, 5.74) is 2.21. The molecule has 1 heterocycles. The van der Waals surface area contributed by atoms with E-state index in [1.165, 1.54) is 0 Å². The molecule has 0 spiro atoms. The van der Waals surface area contributed by atoms with Gasteiger partial charge in [-0.25, -0.2) is 4.98 Å². The molecule has 0 radical (unpaired) electrons. The zero-order valence-corrected chi connectivity index (χ0v) is 17.4. The maximum absolute atomic E-state index is 12.6. The average Bonchev–Trinajstić information content (AvgIpc) is 3.08. The molecular formula is C20H19ClN2O2S2. The number of nitrogens with zero attached hydrogens (tertiary/aromatic N) is 1. The van der Waals surface area contributed by atoms with Crippen molar-refractivity contribution in [2.45, 2.75) is 24.5 Å². The summed E-state index contributed by atoms with van der Waals surface area (Å²) >= 11 is 9.51. The Morgan fingerprint density at radius 1 is 1.26 bits per heavy atom. The number of ether oxygens (including phenoxy) is 1. The summed E-state index contributed by atoms with van der Waals surface area (Å²) in [5.74, 6) is 1.10. The molecule has 27 heavy (non-hydrogen) atoms. The molecule has 7 heteroatoms. The van der Waals surface area contributed by atoms with Crippen LogP contribution in [0.3, 0.4) is 0 Å². The first kappa shape index (κ1) is 19.7. The lowest BCUT2D eigenvalue weighted by Crippen LogP contribution is -2.13. The Morgan fingerprint density at radius 3 is 2.70 bits per heavy atom. The first-order valence-corrected chi connectivity index (χ1v) is 10.7. The second-order valence-electron chi connectivity index (χ2n) is 5.67. The highest BCUT2D eigenvalue weighted by Gasteiger charge is 2.12. The van der Waals surface area contributed by atoms with E-state index in [-0.39, 0.29) is 5.91 Å². The molecule has 0 bridgehead atoms. The van der Waals surface area contributed by atoms with E-state index in [2.05, 4.69) is 15.7 Å². The largest absolute Gasteiger partial charge is 0.490 e. The van der Waals surface area contributed by atoms with Crippen LogP contribution in [0.15, 0.2) is 52.7 Å². The molecule has 0 aliphatic carbocycles. The number of thiazole rings is 1. The van der Waals surface area contributed by atoms with Gasteiger partial charge in [-0.15, -0.1) is 23.1 Å². The number of anilines is 1. The molecule has 0 atom stereocenters. The number of carbonyl (C=O) groups is 1. The van der Waals surface area contributed by atoms with Gasteiger partial charge in [-0.1, -0.05) is 17.7 Å². The molecule has 0 fully saturated rings. The lowest BCUT2D eigenvalue weighted by molar-refractivity contribution is 0.102.